The van der Waals surface area contributed by atoms with Crippen LogP contribution >= 0.6 is 22.7 Å². The largest absolute Gasteiger partial charge is 0.361 e. The van der Waals surface area contributed by atoms with Gasteiger partial charge in [0.25, 0.3) is 11.8 Å². The van der Waals surface area contributed by atoms with E-state index in [0.29, 0.717) is 16.3 Å². The molecule has 6 amide bonds. The lowest BCUT2D eigenvalue weighted by molar-refractivity contribution is -0.138. The van der Waals surface area contributed by atoms with Gasteiger partial charge >= 0.3 is 0 Å². The summed E-state index contributed by atoms with van der Waals surface area (Å²) >= 11 is 2.20. The zero-order chi connectivity index (χ0) is 40.0. The number of aromatic amines is 1. The minimum Gasteiger partial charge on any atom is -0.361 e. The Balaban J connectivity index is 1.47. The second-order valence-corrected chi connectivity index (χ2v) is 16.1. The molecule has 4 aromatic rings. The minimum atomic E-state index is -1.08. The molecule has 0 unspecified atom stereocenters. The average molecular weight is 791 g/mol. The van der Waals surface area contributed by atoms with Crippen molar-refractivity contribution in [3.63, 3.8) is 0 Å². The van der Waals surface area contributed by atoms with Crippen LogP contribution in [0.4, 0.5) is 0 Å². The third-order valence-electron chi connectivity index (χ3n) is 9.17. The van der Waals surface area contributed by atoms with Gasteiger partial charge in [-0.3, -0.25) is 33.6 Å². The number of hydrogen-bond acceptors (Lipinski definition) is 10. The van der Waals surface area contributed by atoms with Crippen molar-refractivity contribution >= 4 is 74.8 Å². The van der Waals surface area contributed by atoms with E-state index >= 15 is 0 Å². The van der Waals surface area contributed by atoms with Crippen LogP contribution in [0.3, 0.4) is 0 Å². The lowest BCUT2D eigenvalue weighted by Crippen LogP contribution is -2.53. The number of thiazole rings is 1. The van der Waals surface area contributed by atoms with Gasteiger partial charge in [-0.2, -0.15) is 0 Å². The van der Waals surface area contributed by atoms with Gasteiger partial charge in [0.05, 0.1) is 28.9 Å². The van der Waals surface area contributed by atoms with E-state index < -0.39 is 60.1 Å². The Labute approximate surface area is 326 Å². The molecule has 2 bridgehead atoms. The van der Waals surface area contributed by atoms with Crippen LogP contribution in [0.1, 0.15) is 80.6 Å². The van der Waals surface area contributed by atoms with E-state index in [9.17, 15) is 33.6 Å². The van der Waals surface area contributed by atoms with Crippen LogP contribution in [0.2, 0.25) is 0 Å². The van der Waals surface area contributed by atoms with Crippen LogP contribution in [-0.2, 0) is 25.6 Å². The highest BCUT2D eigenvalue weighted by Gasteiger charge is 2.31. The summed E-state index contributed by atoms with van der Waals surface area (Å²) < 4.78 is 0. The van der Waals surface area contributed by atoms with Crippen molar-refractivity contribution in [1.82, 2.24) is 40.6 Å². The molecule has 3 aromatic heterocycles. The van der Waals surface area contributed by atoms with Gasteiger partial charge in [0.1, 0.15) is 22.8 Å². The number of nitrogens with one attached hydrogen (secondary N) is 4. The minimum absolute atomic E-state index is 0.0238. The molecule has 0 saturated carbocycles. The molecule has 0 saturated heterocycles. The number of likely N-dealkylation sites (N-methyl/N-ethyl adjacent to an activating group) is 2. The van der Waals surface area contributed by atoms with Crippen LogP contribution < -0.4 is 16.0 Å². The Morgan fingerprint density at radius 1 is 0.873 bits per heavy atom. The van der Waals surface area contributed by atoms with Crippen molar-refractivity contribution in [1.29, 1.82) is 0 Å². The highest BCUT2D eigenvalue weighted by Crippen LogP contribution is 2.26. The highest BCUT2D eigenvalue weighted by atomic mass is 32.1. The SMILES string of the molecule is CC(=O)c1ccc(C(=O)N2CCN(C)C(=O)[C@H](C)NC(=O)CN(C)C(=O)[C@@H](Cc3c[nH]c4ccccc34)NC(=O)c3csc(n3)[C@H](CC(C)C)NC(=O)C2)s1. The first-order valence-corrected chi connectivity index (χ1v) is 19.6. The second kappa shape index (κ2) is 17.8. The summed E-state index contributed by atoms with van der Waals surface area (Å²) in [6.07, 6.45) is 2.36. The summed E-state index contributed by atoms with van der Waals surface area (Å²) in [5.74, 6) is -3.25. The molecule has 292 valence electrons. The summed E-state index contributed by atoms with van der Waals surface area (Å²) in [6, 6.07) is 7.98. The van der Waals surface area contributed by atoms with Crippen LogP contribution in [0.15, 0.2) is 48.0 Å². The molecule has 0 aliphatic carbocycles. The number of Topliss-reactive ketones (excluding diaryl/α,β-unsaturated/α-hetero) is 1. The molecular weight excluding hydrogens is 745 g/mol. The van der Waals surface area contributed by atoms with E-state index in [0.717, 1.165) is 27.8 Å². The summed E-state index contributed by atoms with van der Waals surface area (Å²) in [6.45, 7) is 6.11. The normalized spacial score (nSPS) is 19.9. The number of amides is 6. The summed E-state index contributed by atoms with van der Waals surface area (Å²) in [4.78, 5) is 106. The predicted octanol–water partition coefficient (Wildman–Crippen LogP) is 3.01. The van der Waals surface area contributed by atoms with E-state index in [1.165, 1.54) is 60.0 Å². The van der Waals surface area contributed by atoms with Crippen molar-refractivity contribution in [2.24, 2.45) is 5.92 Å². The van der Waals surface area contributed by atoms with E-state index in [2.05, 4.69) is 25.9 Å². The first kappa shape index (κ1) is 40.8. The average Bonchev–Trinajstić information content (AvgIpc) is 3.92. The number of H-pyrrole nitrogens is 1. The number of fused-ring (bicyclic) bond motifs is 3. The van der Waals surface area contributed by atoms with Crippen LogP contribution in [0.25, 0.3) is 10.9 Å². The summed E-state index contributed by atoms with van der Waals surface area (Å²) in [5.41, 5.74) is 1.69. The maximum Gasteiger partial charge on any atom is 0.271 e. The second-order valence-electron chi connectivity index (χ2n) is 14.1. The van der Waals surface area contributed by atoms with Gasteiger partial charge in [-0.25, -0.2) is 4.98 Å². The van der Waals surface area contributed by atoms with Gasteiger partial charge in [0.2, 0.25) is 23.6 Å². The van der Waals surface area contributed by atoms with Crippen molar-refractivity contribution in [2.75, 3.05) is 40.3 Å². The van der Waals surface area contributed by atoms with Gasteiger partial charge in [-0.05, 0) is 49.9 Å². The highest BCUT2D eigenvalue weighted by molar-refractivity contribution is 7.16. The van der Waals surface area contributed by atoms with Crippen molar-refractivity contribution in [3.8, 4) is 0 Å². The Kier molecular flexibility index (Phi) is 13.2. The Morgan fingerprint density at radius 2 is 1.58 bits per heavy atom. The molecule has 0 spiro atoms. The molecule has 55 heavy (non-hydrogen) atoms. The van der Waals surface area contributed by atoms with E-state index in [1.54, 1.807) is 17.6 Å². The van der Waals surface area contributed by atoms with Crippen LogP contribution in [-0.4, -0.2) is 118 Å². The van der Waals surface area contributed by atoms with Crippen molar-refractivity contribution in [3.05, 3.63) is 74.0 Å². The number of rotatable bonds is 6. The van der Waals surface area contributed by atoms with E-state index in [4.69, 9.17) is 0 Å². The molecule has 1 aliphatic rings. The molecule has 0 radical (unpaired) electrons. The smallest absolute Gasteiger partial charge is 0.271 e. The fourth-order valence-electron chi connectivity index (χ4n) is 6.28. The van der Waals surface area contributed by atoms with Gasteiger partial charge in [0.15, 0.2) is 5.78 Å². The molecule has 4 N–H and O–H groups in total. The fraction of sp³-hybridized carbons (Fsp3) is 0.421. The number of aromatic nitrogens is 2. The summed E-state index contributed by atoms with van der Waals surface area (Å²) in [5, 5.41) is 11.4. The third-order valence-corrected chi connectivity index (χ3v) is 11.3. The van der Waals surface area contributed by atoms with Crippen LogP contribution in [0, 0.1) is 5.92 Å². The molecule has 3 atom stereocenters. The van der Waals surface area contributed by atoms with Crippen molar-refractivity contribution < 1.29 is 33.6 Å². The molecule has 1 aromatic carbocycles. The maximum atomic E-state index is 13.9. The maximum absolute atomic E-state index is 13.9. The monoisotopic (exact) mass is 790 g/mol. The molecule has 15 nitrogen and oxygen atoms in total. The standard InChI is InChI=1S/C38H46N8O7S2/c1-21(2)15-27-35-43-29(20-54-35)34(50)42-28(16-24-17-39-26-10-8-7-9-25(24)26)37(52)45(6)18-32(48)40-22(3)36(51)44(5)13-14-46(19-33(49)41-27)38(53)31-12-11-30(55-31)23(4)47/h7-12,17,20-22,27-28,39H,13-16,18-19H2,1-6H3,(H,40,48)(H,41,49)(H,42,50)/t22-,27-,28+/m0/s1. The van der Waals surface area contributed by atoms with Gasteiger partial charge in [-0.15, -0.1) is 22.7 Å². The molecular formula is C38H46N8O7S2. The van der Waals surface area contributed by atoms with Gasteiger partial charge in [-0.1, -0.05) is 32.0 Å². The third kappa shape index (κ3) is 10.2. The number of carbonyl (C=O) groups is 7. The zero-order valence-electron chi connectivity index (χ0n) is 31.6. The molecule has 5 rings (SSSR count). The lowest BCUT2D eigenvalue weighted by atomic mass is 10.0. The summed E-state index contributed by atoms with van der Waals surface area (Å²) in [7, 11) is 2.97. The number of ketones is 1. The van der Waals surface area contributed by atoms with Gasteiger partial charge in [0, 0.05) is 56.1 Å². The topological polar surface area (TPSA) is 194 Å². The van der Waals surface area contributed by atoms with Crippen molar-refractivity contribution in [2.45, 2.75) is 58.7 Å². The Morgan fingerprint density at radius 3 is 2.29 bits per heavy atom. The molecule has 1 aliphatic heterocycles. The lowest BCUT2D eigenvalue weighted by Gasteiger charge is -2.28. The van der Waals surface area contributed by atoms with E-state index in [1.807, 2.05) is 38.1 Å². The molecule has 0 fully saturated rings. The first-order valence-electron chi connectivity index (χ1n) is 17.9. The van der Waals surface area contributed by atoms with Crippen LogP contribution in [0.5, 0.6) is 0 Å². The number of carbonyl (C=O) groups excluding carboxylic acids is 7. The Bertz CT molecular complexity index is 2090. The Hall–Kier alpha value is -5.42. The first-order chi connectivity index (χ1) is 26.1. The predicted molar refractivity (Wildman–Crippen MR) is 209 cm³/mol. The molecule has 4 heterocycles. The zero-order valence-corrected chi connectivity index (χ0v) is 33.3. The van der Waals surface area contributed by atoms with E-state index in [-0.39, 0.29) is 48.3 Å². The number of benzene rings is 1. The number of nitrogens with zero attached hydrogens (tertiary/aromatic N) is 4. The molecule has 17 heteroatoms. The number of hydrogen-bond donors (Lipinski definition) is 4. The quantitative estimate of drug-likeness (QED) is 0.214. The number of thiophene rings is 1. The fourth-order valence-corrected chi connectivity index (χ4v) is 8.01. The number of para-hydroxylation sites is 1. The van der Waals surface area contributed by atoms with Gasteiger partial charge < -0.3 is 35.6 Å².